The van der Waals surface area contributed by atoms with Crippen molar-refractivity contribution in [3.8, 4) is 0 Å². The molecule has 0 aromatic heterocycles. The zero-order valence-electron chi connectivity index (χ0n) is 11.2. The Hall–Kier alpha value is -0.350. The van der Waals surface area contributed by atoms with E-state index >= 15 is 0 Å². The zero-order chi connectivity index (χ0) is 13.0. The van der Waals surface area contributed by atoms with E-state index in [9.17, 15) is 4.39 Å². The average molecular weight is 307 g/mol. The minimum absolute atomic E-state index is 0. The Morgan fingerprint density at radius 2 is 2.26 bits per heavy atom. The van der Waals surface area contributed by atoms with Crippen molar-refractivity contribution in [2.24, 2.45) is 0 Å². The van der Waals surface area contributed by atoms with Gasteiger partial charge in [0.05, 0.1) is 0 Å². The van der Waals surface area contributed by atoms with Crippen LogP contribution in [0.4, 0.5) is 4.39 Å². The molecule has 0 spiro atoms. The van der Waals surface area contributed by atoms with Crippen LogP contribution in [0, 0.1) is 5.82 Å². The number of nitrogens with one attached hydrogen (secondary N) is 1. The molecule has 1 saturated heterocycles. The lowest BCUT2D eigenvalue weighted by atomic mass is 10.1. The van der Waals surface area contributed by atoms with Crippen LogP contribution in [0.1, 0.15) is 25.3 Å². The van der Waals surface area contributed by atoms with Crippen molar-refractivity contribution < 1.29 is 4.39 Å². The molecule has 1 aromatic carbocycles. The molecule has 1 aliphatic heterocycles. The predicted molar refractivity (Wildman–Crippen MR) is 80.6 cm³/mol. The molecule has 0 aliphatic carbocycles. The molecule has 0 radical (unpaired) electrons. The number of rotatable bonds is 5. The highest BCUT2D eigenvalue weighted by molar-refractivity contribution is 6.30. The summed E-state index contributed by atoms with van der Waals surface area (Å²) in [6.45, 7) is 5.86. The molecule has 1 aromatic rings. The number of halogens is 3. The Morgan fingerprint density at radius 3 is 2.89 bits per heavy atom. The van der Waals surface area contributed by atoms with Crippen LogP contribution < -0.4 is 5.32 Å². The van der Waals surface area contributed by atoms with Gasteiger partial charge in [-0.3, -0.25) is 4.90 Å². The van der Waals surface area contributed by atoms with E-state index in [0.29, 0.717) is 23.2 Å². The van der Waals surface area contributed by atoms with Gasteiger partial charge in [-0.15, -0.1) is 12.4 Å². The number of hydrogen-bond acceptors (Lipinski definition) is 2. The highest BCUT2D eigenvalue weighted by Crippen LogP contribution is 2.19. The van der Waals surface area contributed by atoms with Crippen LogP contribution in [0.5, 0.6) is 0 Å². The number of hydrogen-bond donors (Lipinski definition) is 1. The van der Waals surface area contributed by atoms with Crippen molar-refractivity contribution in [1.82, 2.24) is 10.2 Å². The monoisotopic (exact) mass is 306 g/mol. The Bertz CT molecular complexity index is 395. The molecule has 19 heavy (non-hydrogen) atoms. The highest BCUT2D eigenvalue weighted by Gasteiger charge is 2.22. The Labute approximate surface area is 125 Å². The lowest BCUT2D eigenvalue weighted by Gasteiger charge is -2.28. The van der Waals surface area contributed by atoms with Crippen molar-refractivity contribution in [3.05, 3.63) is 34.6 Å². The lowest BCUT2D eigenvalue weighted by Crippen LogP contribution is -2.37. The van der Waals surface area contributed by atoms with Crippen LogP contribution in [0.2, 0.25) is 5.02 Å². The van der Waals surface area contributed by atoms with Crippen LogP contribution in [-0.2, 0) is 6.54 Å². The van der Waals surface area contributed by atoms with E-state index in [-0.39, 0.29) is 18.2 Å². The summed E-state index contributed by atoms with van der Waals surface area (Å²) in [5.74, 6) is -0.161. The second kappa shape index (κ2) is 8.05. The minimum Gasteiger partial charge on any atom is -0.315 e. The average Bonchev–Trinajstić information content (AvgIpc) is 2.87. The summed E-state index contributed by atoms with van der Waals surface area (Å²) in [6.07, 6.45) is 2.22. The Kier molecular flexibility index (Phi) is 7.08. The van der Waals surface area contributed by atoms with E-state index in [1.807, 2.05) is 0 Å². The predicted octanol–water partition coefficient (Wildman–Crippen LogP) is 3.47. The van der Waals surface area contributed by atoms with Gasteiger partial charge in [-0.05, 0) is 44.1 Å². The molecule has 5 heteroatoms. The first kappa shape index (κ1) is 16.7. The second-order valence-electron chi connectivity index (χ2n) is 4.85. The molecule has 0 amide bonds. The fourth-order valence-electron chi connectivity index (χ4n) is 2.51. The van der Waals surface area contributed by atoms with E-state index in [1.54, 1.807) is 12.1 Å². The first-order valence-corrected chi connectivity index (χ1v) is 6.97. The summed E-state index contributed by atoms with van der Waals surface area (Å²) >= 11 is 5.94. The molecule has 1 N–H and O–H groups in total. The smallest absolute Gasteiger partial charge is 0.127 e. The van der Waals surface area contributed by atoms with Gasteiger partial charge in [0.2, 0.25) is 0 Å². The summed E-state index contributed by atoms with van der Waals surface area (Å²) in [6, 6.07) is 5.31. The molecular formula is C14H21Cl2FN2. The van der Waals surface area contributed by atoms with Gasteiger partial charge in [0.1, 0.15) is 5.82 Å². The minimum atomic E-state index is -0.161. The molecule has 0 saturated carbocycles. The molecule has 1 unspecified atom stereocenters. The van der Waals surface area contributed by atoms with Crippen LogP contribution in [0.25, 0.3) is 0 Å². The molecule has 1 fully saturated rings. The maximum absolute atomic E-state index is 13.8. The Balaban J connectivity index is 0.00000180. The SMILES string of the molecule is CCCN(Cc1cc(Cl)ccc1F)C1CCNC1.Cl. The van der Waals surface area contributed by atoms with E-state index in [1.165, 1.54) is 6.07 Å². The lowest BCUT2D eigenvalue weighted by molar-refractivity contribution is 0.197. The third kappa shape index (κ3) is 4.60. The number of benzene rings is 1. The van der Waals surface area contributed by atoms with Crippen LogP contribution in [0.15, 0.2) is 18.2 Å². The molecule has 0 bridgehead atoms. The maximum Gasteiger partial charge on any atom is 0.127 e. The van der Waals surface area contributed by atoms with Crippen molar-refractivity contribution in [1.29, 1.82) is 0 Å². The van der Waals surface area contributed by atoms with Gasteiger partial charge < -0.3 is 5.32 Å². The standard InChI is InChI=1S/C14H20ClFN2.ClH/c1-2-7-18(13-5-6-17-9-13)10-11-8-12(15)3-4-14(11)16;/h3-4,8,13,17H,2,5-7,9-10H2,1H3;1H. The fourth-order valence-corrected chi connectivity index (χ4v) is 2.71. The maximum atomic E-state index is 13.8. The number of nitrogens with zero attached hydrogens (tertiary/aromatic N) is 1. The van der Waals surface area contributed by atoms with Gasteiger partial charge in [0.15, 0.2) is 0 Å². The van der Waals surface area contributed by atoms with E-state index in [2.05, 4.69) is 17.1 Å². The molecule has 1 atom stereocenters. The van der Waals surface area contributed by atoms with Gasteiger partial charge in [-0.2, -0.15) is 0 Å². The third-order valence-electron chi connectivity index (χ3n) is 3.44. The van der Waals surface area contributed by atoms with Crippen LogP contribution in [-0.4, -0.2) is 30.6 Å². The first-order valence-electron chi connectivity index (χ1n) is 6.59. The summed E-state index contributed by atoms with van der Waals surface area (Å²) in [7, 11) is 0. The quantitative estimate of drug-likeness (QED) is 0.896. The van der Waals surface area contributed by atoms with Crippen molar-refractivity contribution in [2.45, 2.75) is 32.4 Å². The van der Waals surface area contributed by atoms with E-state index < -0.39 is 0 Å². The zero-order valence-corrected chi connectivity index (χ0v) is 12.7. The van der Waals surface area contributed by atoms with Crippen LogP contribution in [0.3, 0.4) is 0 Å². The van der Waals surface area contributed by atoms with Crippen molar-refractivity contribution in [2.75, 3.05) is 19.6 Å². The summed E-state index contributed by atoms with van der Waals surface area (Å²) in [5, 5.41) is 3.97. The van der Waals surface area contributed by atoms with Gasteiger partial charge in [-0.1, -0.05) is 18.5 Å². The van der Waals surface area contributed by atoms with E-state index in [4.69, 9.17) is 11.6 Å². The fraction of sp³-hybridized carbons (Fsp3) is 0.571. The van der Waals surface area contributed by atoms with E-state index in [0.717, 1.165) is 32.5 Å². The molecule has 1 heterocycles. The summed E-state index contributed by atoms with van der Waals surface area (Å²) in [5.41, 5.74) is 0.697. The summed E-state index contributed by atoms with van der Waals surface area (Å²) in [4.78, 5) is 2.36. The highest BCUT2D eigenvalue weighted by atomic mass is 35.5. The molecular weight excluding hydrogens is 286 g/mol. The van der Waals surface area contributed by atoms with Gasteiger partial charge in [-0.25, -0.2) is 4.39 Å². The van der Waals surface area contributed by atoms with Gasteiger partial charge in [0, 0.05) is 29.7 Å². The molecule has 2 rings (SSSR count). The van der Waals surface area contributed by atoms with Gasteiger partial charge >= 0.3 is 0 Å². The van der Waals surface area contributed by atoms with Crippen molar-refractivity contribution in [3.63, 3.8) is 0 Å². The van der Waals surface area contributed by atoms with Crippen molar-refractivity contribution >= 4 is 24.0 Å². The topological polar surface area (TPSA) is 15.3 Å². The first-order chi connectivity index (χ1) is 8.70. The summed E-state index contributed by atoms with van der Waals surface area (Å²) < 4.78 is 13.8. The Morgan fingerprint density at radius 1 is 1.47 bits per heavy atom. The molecule has 1 aliphatic rings. The third-order valence-corrected chi connectivity index (χ3v) is 3.68. The second-order valence-corrected chi connectivity index (χ2v) is 5.29. The molecule has 2 nitrogen and oxygen atoms in total. The van der Waals surface area contributed by atoms with Crippen LogP contribution >= 0.6 is 24.0 Å². The normalized spacial score (nSPS) is 18.6. The van der Waals surface area contributed by atoms with Gasteiger partial charge in [0.25, 0.3) is 0 Å². The largest absolute Gasteiger partial charge is 0.315 e. The molecule has 108 valence electrons.